The number of sulfonamides is 1. The van der Waals surface area contributed by atoms with Crippen LogP contribution in [0.1, 0.15) is 20.3 Å². The van der Waals surface area contributed by atoms with Crippen molar-refractivity contribution in [2.45, 2.75) is 25.2 Å². The Hall–Kier alpha value is -2.42. The first-order valence-electron chi connectivity index (χ1n) is 7.61. The molecule has 2 unspecified atom stereocenters. The highest BCUT2D eigenvalue weighted by Crippen LogP contribution is 2.27. The third kappa shape index (κ3) is 4.10. The van der Waals surface area contributed by atoms with Gasteiger partial charge in [-0.2, -0.15) is 19.9 Å². The normalized spacial score (nSPS) is 21.3. The van der Waals surface area contributed by atoms with Gasteiger partial charge in [-0.25, -0.2) is 8.42 Å². The zero-order valence-electron chi connectivity index (χ0n) is 13.6. The van der Waals surface area contributed by atoms with Gasteiger partial charge in [0.1, 0.15) is 12.1 Å². The summed E-state index contributed by atoms with van der Waals surface area (Å²) in [6, 6.07) is 9.37. The van der Waals surface area contributed by atoms with Crippen LogP contribution in [-0.2, 0) is 10.0 Å². The first-order chi connectivity index (χ1) is 11.4. The maximum Gasteiger partial charge on any atom is 0.243 e. The number of nitriles is 2. The molecule has 0 amide bonds. The lowest BCUT2D eigenvalue weighted by molar-refractivity contribution is 0.222. The molecular formula is C16H19N5O2S. The second-order valence-electron chi connectivity index (χ2n) is 6.09. The summed E-state index contributed by atoms with van der Waals surface area (Å²) in [5.41, 5.74) is 2.75. The average Bonchev–Trinajstić information content (AvgIpc) is 2.55. The van der Waals surface area contributed by atoms with E-state index in [1.807, 2.05) is 0 Å². The summed E-state index contributed by atoms with van der Waals surface area (Å²) in [7, 11) is -3.52. The number of nitrogens with zero attached hydrogens (tertiary/aromatic N) is 4. The van der Waals surface area contributed by atoms with Crippen molar-refractivity contribution in [3.8, 4) is 12.1 Å². The van der Waals surface area contributed by atoms with Gasteiger partial charge < -0.3 is 0 Å². The van der Waals surface area contributed by atoms with E-state index in [0.29, 0.717) is 30.6 Å². The van der Waals surface area contributed by atoms with Gasteiger partial charge in [-0.1, -0.05) is 13.8 Å². The van der Waals surface area contributed by atoms with E-state index in [0.717, 1.165) is 6.42 Å². The zero-order chi connectivity index (χ0) is 17.7. The van der Waals surface area contributed by atoms with Crippen LogP contribution in [0.5, 0.6) is 0 Å². The van der Waals surface area contributed by atoms with E-state index in [9.17, 15) is 8.42 Å². The summed E-state index contributed by atoms with van der Waals surface area (Å²) in [4.78, 5) is 0.221. The monoisotopic (exact) mass is 345 g/mol. The fraction of sp³-hybridized carbons (Fsp3) is 0.438. The van der Waals surface area contributed by atoms with E-state index in [1.54, 1.807) is 24.3 Å². The predicted octanol–water partition coefficient (Wildman–Crippen LogP) is 2.17. The highest BCUT2D eigenvalue weighted by Gasteiger charge is 2.31. The van der Waals surface area contributed by atoms with Crippen LogP contribution in [-0.4, -0.2) is 31.5 Å². The van der Waals surface area contributed by atoms with Crippen LogP contribution < -0.4 is 5.43 Å². The molecule has 1 saturated heterocycles. The Morgan fingerprint density at radius 3 is 2.21 bits per heavy atom. The highest BCUT2D eigenvalue weighted by molar-refractivity contribution is 7.89. The number of hydrogen-bond acceptors (Lipinski definition) is 6. The van der Waals surface area contributed by atoms with Crippen molar-refractivity contribution in [3.63, 3.8) is 0 Å². The minimum absolute atomic E-state index is 0.221. The Morgan fingerprint density at radius 1 is 1.17 bits per heavy atom. The maximum absolute atomic E-state index is 12.7. The van der Waals surface area contributed by atoms with Gasteiger partial charge >= 0.3 is 0 Å². The van der Waals surface area contributed by atoms with E-state index in [-0.39, 0.29) is 10.6 Å². The number of rotatable bonds is 4. The molecule has 1 N–H and O–H groups in total. The molecule has 1 aliphatic heterocycles. The Labute approximate surface area is 142 Å². The molecule has 7 nitrogen and oxygen atoms in total. The van der Waals surface area contributed by atoms with Crippen LogP contribution in [0.25, 0.3) is 0 Å². The minimum atomic E-state index is -3.52. The molecule has 1 heterocycles. The number of benzene rings is 1. The van der Waals surface area contributed by atoms with Gasteiger partial charge in [0.15, 0.2) is 0 Å². The number of hydrazone groups is 1. The third-order valence-electron chi connectivity index (χ3n) is 3.84. The minimum Gasteiger partial charge on any atom is -0.277 e. The molecule has 2 rings (SSSR count). The number of anilines is 1. The Morgan fingerprint density at radius 2 is 1.71 bits per heavy atom. The smallest absolute Gasteiger partial charge is 0.243 e. The van der Waals surface area contributed by atoms with E-state index in [4.69, 9.17) is 10.5 Å². The predicted molar refractivity (Wildman–Crippen MR) is 90.4 cm³/mol. The van der Waals surface area contributed by atoms with Gasteiger partial charge in [0.05, 0.1) is 10.6 Å². The maximum atomic E-state index is 12.7. The van der Waals surface area contributed by atoms with Crippen molar-refractivity contribution in [2.75, 3.05) is 18.5 Å². The molecule has 0 bridgehead atoms. The van der Waals surface area contributed by atoms with Crippen molar-refractivity contribution in [3.05, 3.63) is 24.3 Å². The summed E-state index contributed by atoms with van der Waals surface area (Å²) in [5, 5.41) is 20.8. The topological polar surface area (TPSA) is 109 Å². The van der Waals surface area contributed by atoms with Gasteiger partial charge in [0, 0.05) is 13.1 Å². The first-order valence-corrected chi connectivity index (χ1v) is 9.05. The molecule has 2 atom stereocenters. The zero-order valence-corrected chi connectivity index (χ0v) is 14.4. The standard InChI is InChI=1S/C16H19N5O2S/c1-12-7-13(2)11-21(10-12)24(22,23)16-5-3-14(4-6-16)19-20-15(8-17)9-18/h3-6,12-13,19H,7,10-11H2,1-2H3. The summed E-state index contributed by atoms with van der Waals surface area (Å²) >= 11 is 0. The molecule has 8 heteroatoms. The quantitative estimate of drug-likeness (QED) is 0.664. The Bertz CT molecular complexity index is 776. The van der Waals surface area contributed by atoms with Gasteiger partial charge in [-0.15, -0.1) is 0 Å². The molecule has 0 aliphatic carbocycles. The summed E-state index contributed by atoms with van der Waals surface area (Å²) in [6.07, 6.45) is 1.03. The molecule has 0 aromatic heterocycles. The van der Waals surface area contributed by atoms with Crippen LogP contribution >= 0.6 is 0 Å². The van der Waals surface area contributed by atoms with Crippen molar-refractivity contribution in [1.82, 2.24) is 4.31 Å². The fourth-order valence-corrected chi connectivity index (χ4v) is 4.53. The van der Waals surface area contributed by atoms with E-state index < -0.39 is 10.0 Å². The Kier molecular flexibility index (Phi) is 5.55. The second-order valence-corrected chi connectivity index (χ2v) is 8.03. The van der Waals surface area contributed by atoms with Gasteiger partial charge in [0.2, 0.25) is 15.7 Å². The molecule has 1 fully saturated rings. The summed E-state index contributed by atoms with van der Waals surface area (Å²) in [5.74, 6) is 0.684. The van der Waals surface area contributed by atoms with Crippen molar-refractivity contribution < 1.29 is 8.42 Å². The van der Waals surface area contributed by atoms with Crippen LogP contribution in [0.4, 0.5) is 5.69 Å². The molecule has 1 aromatic rings. The first kappa shape index (κ1) is 17.9. The van der Waals surface area contributed by atoms with Crippen molar-refractivity contribution in [2.24, 2.45) is 16.9 Å². The van der Waals surface area contributed by atoms with E-state index >= 15 is 0 Å². The van der Waals surface area contributed by atoms with Crippen LogP contribution in [0.3, 0.4) is 0 Å². The third-order valence-corrected chi connectivity index (χ3v) is 5.68. The van der Waals surface area contributed by atoms with Gasteiger partial charge in [-0.05, 0) is 42.5 Å². The molecule has 24 heavy (non-hydrogen) atoms. The van der Waals surface area contributed by atoms with Gasteiger partial charge in [0.25, 0.3) is 0 Å². The van der Waals surface area contributed by atoms with E-state index in [1.165, 1.54) is 16.4 Å². The lowest BCUT2D eigenvalue weighted by atomic mass is 9.94. The fourth-order valence-electron chi connectivity index (χ4n) is 2.85. The SMILES string of the molecule is CC1CC(C)CN(S(=O)(=O)c2ccc(NN=C(C#N)C#N)cc2)C1. The lowest BCUT2D eigenvalue weighted by Gasteiger charge is -2.34. The lowest BCUT2D eigenvalue weighted by Crippen LogP contribution is -2.42. The summed E-state index contributed by atoms with van der Waals surface area (Å²) < 4.78 is 27.0. The highest BCUT2D eigenvalue weighted by atomic mass is 32.2. The molecule has 0 radical (unpaired) electrons. The van der Waals surface area contributed by atoms with Crippen molar-refractivity contribution >= 4 is 21.4 Å². The molecule has 126 valence electrons. The summed E-state index contributed by atoms with van der Waals surface area (Å²) in [6.45, 7) is 5.19. The average molecular weight is 345 g/mol. The van der Waals surface area contributed by atoms with Crippen molar-refractivity contribution in [1.29, 1.82) is 10.5 Å². The number of hydrogen-bond donors (Lipinski definition) is 1. The second kappa shape index (κ2) is 7.43. The van der Waals surface area contributed by atoms with Crippen LogP contribution in [0, 0.1) is 34.5 Å². The van der Waals surface area contributed by atoms with E-state index in [2.05, 4.69) is 24.4 Å². The van der Waals surface area contributed by atoms with Crippen LogP contribution in [0.15, 0.2) is 34.3 Å². The molecule has 1 aromatic carbocycles. The van der Waals surface area contributed by atoms with Gasteiger partial charge in [-0.3, -0.25) is 5.43 Å². The molecular weight excluding hydrogens is 326 g/mol. The number of nitrogens with one attached hydrogen (secondary N) is 1. The number of piperidine rings is 1. The molecule has 1 aliphatic rings. The molecule has 0 spiro atoms. The largest absolute Gasteiger partial charge is 0.277 e. The molecule has 0 saturated carbocycles. The Balaban J connectivity index is 2.16. The van der Waals surface area contributed by atoms with Crippen LogP contribution in [0.2, 0.25) is 0 Å².